The van der Waals surface area contributed by atoms with Gasteiger partial charge in [0.25, 0.3) is 5.91 Å². The molecule has 0 aliphatic heterocycles. The number of carbonyl (C=O) groups excluding carboxylic acids is 1. The summed E-state index contributed by atoms with van der Waals surface area (Å²) in [6.45, 7) is 3.84. The first-order valence-electron chi connectivity index (χ1n) is 10.8. The summed E-state index contributed by atoms with van der Waals surface area (Å²) in [4.78, 5) is 20.7. The van der Waals surface area contributed by atoms with E-state index in [0.717, 1.165) is 24.1 Å². The lowest BCUT2D eigenvalue weighted by Crippen LogP contribution is -2.38. The van der Waals surface area contributed by atoms with E-state index in [2.05, 4.69) is 25.9 Å². The number of guanidine groups is 1. The second-order valence-electron chi connectivity index (χ2n) is 7.22. The van der Waals surface area contributed by atoms with Gasteiger partial charge < -0.3 is 20.7 Å². The first-order chi connectivity index (χ1) is 16.1. The van der Waals surface area contributed by atoms with Crippen LogP contribution in [0.3, 0.4) is 0 Å². The molecule has 1 heterocycles. The van der Waals surface area contributed by atoms with Gasteiger partial charge in [0.1, 0.15) is 11.6 Å². The van der Waals surface area contributed by atoms with Gasteiger partial charge in [0.15, 0.2) is 5.96 Å². The van der Waals surface area contributed by atoms with Crippen LogP contribution in [0.2, 0.25) is 0 Å². The van der Waals surface area contributed by atoms with Crippen LogP contribution in [0, 0.1) is 5.82 Å². The highest BCUT2D eigenvalue weighted by Crippen LogP contribution is 2.20. The Balaban J connectivity index is 1.53. The van der Waals surface area contributed by atoms with Gasteiger partial charge in [0.05, 0.1) is 6.54 Å². The van der Waals surface area contributed by atoms with E-state index >= 15 is 0 Å². The minimum atomic E-state index is -0.360. The lowest BCUT2D eigenvalue weighted by Gasteiger charge is -2.12. The van der Waals surface area contributed by atoms with Gasteiger partial charge >= 0.3 is 0 Å². The monoisotopic (exact) mass is 449 g/mol. The SMILES string of the molecule is CCNC(=NCc1ccc(Oc2cccc(F)c2)nc1)NCCc1cccc(C(=O)NC)c1. The Kier molecular flexibility index (Phi) is 8.76. The maximum absolute atomic E-state index is 13.3. The lowest BCUT2D eigenvalue weighted by atomic mass is 10.1. The fourth-order valence-electron chi connectivity index (χ4n) is 3.07. The molecule has 2 aromatic carbocycles. The van der Waals surface area contributed by atoms with E-state index in [1.807, 2.05) is 31.2 Å². The molecule has 0 saturated heterocycles. The van der Waals surface area contributed by atoms with Gasteiger partial charge in [-0.2, -0.15) is 0 Å². The maximum Gasteiger partial charge on any atom is 0.251 e. The summed E-state index contributed by atoms with van der Waals surface area (Å²) in [7, 11) is 1.62. The molecule has 7 nitrogen and oxygen atoms in total. The van der Waals surface area contributed by atoms with E-state index in [0.29, 0.717) is 36.2 Å². The Morgan fingerprint density at radius 2 is 1.91 bits per heavy atom. The summed E-state index contributed by atoms with van der Waals surface area (Å²) in [6.07, 6.45) is 2.44. The van der Waals surface area contributed by atoms with Crippen LogP contribution in [0.15, 0.2) is 71.9 Å². The van der Waals surface area contributed by atoms with Crippen molar-refractivity contribution in [1.29, 1.82) is 0 Å². The van der Waals surface area contributed by atoms with Crippen molar-refractivity contribution >= 4 is 11.9 Å². The van der Waals surface area contributed by atoms with Crippen LogP contribution in [0.4, 0.5) is 4.39 Å². The van der Waals surface area contributed by atoms with Gasteiger partial charge in [-0.1, -0.05) is 24.3 Å². The third kappa shape index (κ3) is 7.60. The number of aromatic nitrogens is 1. The molecular formula is C25H28FN5O2. The van der Waals surface area contributed by atoms with E-state index in [1.165, 1.54) is 12.1 Å². The molecule has 8 heteroatoms. The molecule has 0 unspecified atom stereocenters. The number of carbonyl (C=O) groups is 1. The number of ether oxygens (including phenoxy) is 1. The lowest BCUT2D eigenvalue weighted by molar-refractivity contribution is 0.0963. The van der Waals surface area contributed by atoms with Crippen molar-refractivity contribution in [2.75, 3.05) is 20.1 Å². The predicted molar refractivity (Wildman–Crippen MR) is 127 cm³/mol. The Morgan fingerprint density at radius 3 is 2.64 bits per heavy atom. The number of amides is 1. The zero-order chi connectivity index (χ0) is 23.5. The molecule has 0 atom stereocenters. The number of halogens is 1. The van der Waals surface area contributed by atoms with Gasteiger partial charge in [-0.15, -0.1) is 0 Å². The van der Waals surface area contributed by atoms with Crippen LogP contribution in [0.5, 0.6) is 11.6 Å². The molecule has 0 bridgehead atoms. The third-order valence-corrected chi connectivity index (χ3v) is 4.70. The average Bonchev–Trinajstić information content (AvgIpc) is 2.83. The first-order valence-corrected chi connectivity index (χ1v) is 10.8. The Labute approximate surface area is 193 Å². The topological polar surface area (TPSA) is 87.6 Å². The van der Waals surface area contributed by atoms with Crippen molar-refractivity contribution in [3.63, 3.8) is 0 Å². The fraction of sp³-hybridized carbons (Fsp3) is 0.240. The van der Waals surface area contributed by atoms with Crippen molar-refractivity contribution in [2.24, 2.45) is 4.99 Å². The van der Waals surface area contributed by atoms with Crippen molar-refractivity contribution in [3.8, 4) is 11.6 Å². The van der Waals surface area contributed by atoms with Gasteiger partial charge in [-0.3, -0.25) is 4.79 Å². The van der Waals surface area contributed by atoms with Crippen molar-refractivity contribution in [2.45, 2.75) is 19.9 Å². The second kappa shape index (κ2) is 12.2. The molecule has 172 valence electrons. The number of aliphatic imine (C=N–C) groups is 1. The number of benzene rings is 2. The number of nitrogens with one attached hydrogen (secondary N) is 3. The largest absolute Gasteiger partial charge is 0.439 e. The van der Waals surface area contributed by atoms with Gasteiger partial charge in [0, 0.05) is 44.0 Å². The zero-order valence-electron chi connectivity index (χ0n) is 18.8. The summed E-state index contributed by atoms with van der Waals surface area (Å²) in [5.74, 6) is 1.02. The molecule has 1 amide bonds. The van der Waals surface area contributed by atoms with E-state index in [-0.39, 0.29) is 11.7 Å². The molecule has 0 saturated carbocycles. The van der Waals surface area contributed by atoms with Gasteiger partial charge in [-0.25, -0.2) is 14.4 Å². The van der Waals surface area contributed by atoms with Crippen LogP contribution in [-0.4, -0.2) is 37.0 Å². The van der Waals surface area contributed by atoms with Crippen LogP contribution >= 0.6 is 0 Å². The number of pyridine rings is 1. The normalized spacial score (nSPS) is 11.1. The number of rotatable bonds is 9. The highest BCUT2D eigenvalue weighted by atomic mass is 19.1. The summed E-state index contributed by atoms with van der Waals surface area (Å²) in [5.41, 5.74) is 2.63. The summed E-state index contributed by atoms with van der Waals surface area (Å²) in [5, 5.41) is 9.17. The minimum absolute atomic E-state index is 0.0966. The molecule has 1 aromatic heterocycles. The molecule has 33 heavy (non-hydrogen) atoms. The molecule has 0 spiro atoms. The Hall–Kier alpha value is -3.94. The van der Waals surface area contributed by atoms with Crippen LogP contribution in [0.25, 0.3) is 0 Å². The summed E-state index contributed by atoms with van der Waals surface area (Å²) in [6, 6.07) is 17.1. The molecule has 0 fully saturated rings. The van der Waals surface area contributed by atoms with Crippen LogP contribution in [0.1, 0.15) is 28.4 Å². The van der Waals surface area contributed by atoms with Crippen LogP contribution < -0.4 is 20.7 Å². The third-order valence-electron chi connectivity index (χ3n) is 4.70. The van der Waals surface area contributed by atoms with Crippen molar-refractivity contribution < 1.29 is 13.9 Å². The van der Waals surface area contributed by atoms with Crippen molar-refractivity contribution in [1.82, 2.24) is 20.9 Å². The average molecular weight is 450 g/mol. The second-order valence-corrected chi connectivity index (χ2v) is 7.22. The molecule has 3 rings (SSSR count). The van der Waals surface area contributed by atoms with Crippen molar-refractivity contribution in [3.05, 3.63) is 89.4 Å². The van der Waals surface area contributed by atoms with E-state index < -0.39 is 0 Å². The molecule has 3 N–H and O–H groups in total. The van der Waals surface area contributed by atoms with Gasteiger partial charge in [-0.05, 0) is 48.7 Å². The number of nitrogens with zero attached hydrogens (tertiary/aromatic N) is 2. The Morgan fingerprint density at radius 1 is 1.06 bits per heavy atom. The van der Waals surface area contributed by atoms with E-state index in [1.54, 1.807) is 37.5 Å². The fourth-order valence-corrected chi connectivity index (χ4v) is 3.07. The van der Waals surface area contributed by atoms with E-state index in [4.69, 9.17) is 4.74 Å². The first kappa shape index (κ1) is 23.7. The highest BCUT2D eigenvalue weighted by molar-refractivity contribution is 5.94. The van der Waals surface area contributed by atoms with E-state index in [9.17, 15) is 9.18 Å². The zero-order valence-corrected chi connectivity index (χ0v) is 18.8. The Bertz CT molecular complexity index is 1090. The molecule has 0 aliphatic rings. The summed E-state index contributed by atoms with van der Waals surface area (Å²) >= 11 is 0. The number of hydrogen-bond acceptors (Lipinski definition) is 4. The summed E-state index contributed by atoms with van der Waals surface area (Å²) < 4.78 is 18.8. The molecular weight excluding hydrogens is 421 g/mol. The molecule has 0 aliphatic carbocycles. The molecule has 0 radical (unpaired) electrons. The standard InChI is InChI=1S/C25H28FN5O2/c1-3-28-25(29-13-12-18-6-4-7-20(14-18)24(32)27-2)31-17-19-10-11-23(30-16-19)33-22-9-5-8-21(26)15-22/h4-11,14-16H,3,12-13,17H2,1-2H3,(H,27,32)(H2,28,29,31). The highest BCUT2D eigenvalue weighted by Gasteiger charge is 2.05. The maximum atomic E-state index is 13.3. The van der Waals surface area contributed by atoms with Crippen LogP contribution in [-0.2, 0) is 13.0 Å². The number of hydrogen-bond donors (Lipinski definition) is 3. The van der Waals surface area contributed by atoms with Gasteiger partial charge in [0.2, 0.25) is 5.88 Å². The minimum Gasteiger partial charge on any atom is -0.439 e. The predicted octanol–water partition coefficient (Wildman–Crippen LogP) is 3.67. The quantitative estimate of drug-likeness (QED) is 0.343. The smallest absolute Gasteiger partial charge is 0.251 e. The molecule has 3 aromatic rings.